The van der Waals surface area contributed by atoms with E-state index >= 15 is 0 Å². The average molecular weight is 250 g/mol. The second-order valence-electron chi connectivity index (χ2n) is 3.97. The molecule has 1 amide bonds. The smallest absolute Gasteiger partial charge is 0.338 e. The number of likely N-dealkylation sites (N-methyl/N-ethyl adjacent to an activating group) is 1. The maximum atomic E-state index is 11.8. The Labute approximate surface area is 107 Å². The van der Waals surface area contributed by atoms with E-state index in [2.05, 4.69) is 15.4 Å². The first-order chi connectivity index (χ1) is 8.51. The van der Waals surface area contributed by atoms with Gasteiger partial charge in [-0.1, -0.05) is 6.07 Å². The van der Waals surface area contributed by atoms with Crippen LogP contribution in [0.1, 0.15) is 22.8 Å². The zero-order valence-corrected chi connectivity index (χ0v) is 11.0. The minimum atomic E-state index is -0.412. The second-order valence-corrected chi connectivity index (χ2v) is 3.97. The maximum Gasteiger partial charge on any atom is 0.338 e. The monoisotopic (exact) mass is 250 g/mol. The average Bonchev–Trinajstić information content (AvgIpc) is 2.39. The fourth-order valence-corrected chi connectivity index (χ4v) is 1.47. The van der Waals surface area contributed by atoms with E-state index in [0.29, 0.717) is 16.8 Å². The van der Waals surface area contributed by atoms with Crippen LogP contribution < -0.4 is 10.6 Å². The third-order valence-electron chi connectivity index (χ3n) is 2.82. The lowest BCUT2D eigenvalue weighted by atomic mass is 10.1. The molecule has 5 heteroatoms. The van der Waals surface area contributed by atoms with Crippen LogP contribution in [0.4, 0.5) is 5.69 Å². The van der Waals surface area contributed by atoms with Crippen molar-refractivity contribution in [1.29, 1.82) is 0 Å². The molecule has 0 heterocycles. The normalized spacial score (nSPS) is 11.8. The molecule has 0 spiro atoms. The third kappa shape index (κ3) is 3.07. The van der Waals surface area contributed by atoms with Gasteiger partial charge < -0.3 is 15.4 Å². The van der Waals surface area contributed by atoms with E-state index in [1.54, 1.807) is 39.1 Å². The molecular formula is C13H18N2O3. The predicted octanol–water partition coefficient (Wildman–Crippen LogP) is 1.33. The number of carbonyl (C=O) groups excluding carboxylic acids is 2. The number of hydrogen-bond donors (Lipinski definition) is 2. The summed E-state index contributed by atoms with van der Waals surface area (Å²) < 4.78 is 4.68. The lowest BCUT2D eigenvalue weighted by molar-refractivity contribution is -0.117. The Hall–Kier alpha value is -1.88. The molecule has 1 aromatic carbocycles. The van der Waals surface area contributed by atoms with Crippen LogP contribution in [0.25, 0.3) is 0 Å². The Morgan fingerprint density at radius 1 is 1.33 bits per heavy atom. The Kier molecular flexibility index (Phi) is 4.85. The zero-order chi connectivity index (χ0) is 13.7. The van der Waals surface area contributed by atoms with Crippen LogP contribution in [-0.4, -0.2) is 32.1 Å². The van der Waals surface area contributed by atoms with Gasteiger partial charge >= 0.3 is 5.97 Å². The standard InChI is InChI=1S/C13H18N2O3/c1-8-10(13(17)18-4)6-5-7-11(8)15-12(16)9(2)14-3/h5-7,9,14H,1-4H3,(H,15,16). The van der Waals surface area contributed by atoms with Gasteiger partial charge in [0.1, 0.15) is 0 Å². The number of esters is 1. The fourth-order valence-electron chi connectivity index (χ4n) is 1.47. The number of nitrogens with one attached hydrogen (secondary N) is 2. The molecule has 1 aromatic rings. The summed E-state index contributed by atoms with van der Waals surface area (Å²) in [6.07, 6.45) is 0. The van der Waals surface area contributed by atoms with Gasteiger partial charge in [-0.2, -0.15) is 0 Å². The number of anilines is 1. The minimum absolute atomic E-state index is 0.150. The molecule has 1 rings (SSSR count). The molecule has 98 valence electrons. The summed E-state index contributed by atoms with van der Waals surface area (Å²) in [6, 6.07) is 4.82. The van der Waals surface area contributed by atoms with E-state index in [1.807, 2.05) is 0 Å². The summed E-state index contributed by atoms with van der Waals surface area (Å²) in [5.41, 5.74) is 1.76. The molecule has 2 N–H and O–H groups in total. The molecule has 1 atom stereocenters. The first kappa shape index (κ1) is 14.2. The van der Waals surface area contributed by atoms with Gasteiger partial charge in [-0.3, -0.25) is 4.79 Å². The summed E-state index contributed by atoms with van der Waals surface area (Å²) in [6.45, 7) is 3.53. The second kappa shape index (κ2) is 6.16. The van der Waals surface area contributed by atoms with Gasteiger partial charge in [0.15, 0.2) is 0 Å². The highest BCUT2D eigenvalue weighted by molar-refractivity contribution is 5.98. The van der Waals surface area contributed by atoms with Crippen molar-refractivity contribution in [3.8, 4) is 0 Å². The summed E-state index contributed by atoms with van der Waals surface area (Å²) in [5, 5.41) is 5.62. The SMILES string of the molecule is CNC(C)C(=O)Nc1cccc(C(=O)OC)c1C. The van der Waals surface area contributed by atoms with Gasteiger partial charge in [-0.05, 0) is 38.6 Å². The molecule has 0 radical (unpaired) electrons. The van der Waals surface area contributed by atoms with Crippen LogP contribution >= 0.6 is 0 Å². The lowest BCUT2D eigenvalue weighted by Gasteiger charge is -2.14. The molecule has 1 unspecified atom stereocenters. The molecule has 0 saturated heterocycles. The number of benzene rings is 1. The van der Waals surface area contributed by atoms with Gasteiger partial charge in [0.2, 0.25) is 5.91 Å². The van der Waals surface area contributed by atoms with Crippen molar-refractivity contribution >= 4 is 17.6 Å². The van der Waals surface area contributed by atoms with E-state index in [-0.39, 0.29) is 11.9 Å². The third-order valence-corrected chi connectivity index (χ3v) is 2.82. The summed E-state index contributed by atoms with van der Waals surface area (Å²) in [4.78, 5) is 23.3. The Morgan fingerprint density at radius 2 is 2.00 bits per heavy atom. The number of ether oxygens (including phenoxy) is 1. The highest BCUT2D eigenvalue weighted by Crippen LogP contribution is 2.19. The van der Waals surface area contributed by atoms with Crippen LogP contribution in [0.15, 0.2) is 18.2 Å². The Balaban J connectivity index is 2.98. The van der Waals surface area contributed by atoms with Crippen molar-refractivity contribution in [2.24, 2.45) is 0 Å². The van der Waals surface area contributed by atoms with Crippen LogP contribution in [0.2, 0.25) is 0 Å². The van der Waals surface area contributed by atoms with Gasteiger partial charge in [-0.15, -0.1) is 0 Å². The van der Waals surface area contributed by atoms with E-state index in [9.17, 15) is 9.59 Å². The van der Waals surface area contributed by atoms with Crippen LogP contribution in [0.3, 0.4) is 0 Å². The molecule has 0 aromatic heterocycles. The number of rotatable bonds is 4. The molecule has 0 aliphatic carbocycles. The molecular weight excluding hydrogens is 232 g/mol. The van der Waals surface area contributed by atoms with Crippen LogP contribution in [-0.2, 0) is 9.53 Å². The number of methoxy groups -OCH3 is 1. The topological polar surface area (TPSA) is 67.4 Å². The fraction of sp³-hybridized carbons (Fsp3) is 0.385. The van der Waals surface area contributed by atoms with E-state index in [0.717, 1.165) is 0 Å². The molecule has 5 nitrogen and oxygen atoms in total. The summed E-state index contributed by atoms with van der Waals surface area (Å²) in [5.74, 6) is -0.562. The first-order valence-corrected chi connectivity index (χ1v) is 5.67. The van der Waals surface area contributed by atoms with Crippen LogP contribution in [0.5, 0.6) is 0 Å². The molecule has 0 bridgehead atoms. The number of carbonyl (C=O) groups is 2. The minimum Gasteiger partial charge on any atom is -0.465 e. The molecule has 0 aliphatic rings. The van der Waals surface area contributed by atoms with E-state index < -0.39 is 5.97 Å². The molecule has 0 fully saturated rings. The lowest BCUT2D eigenvalue weighted by Crippen LogP contribution is -2.35. The summed E-state index contributed by atoms with van der Waals surface area (Å²) >= 11 is 0. The highest BCUT2D eigenvalue weighted by Gasteiger charge is 2.15. The number of amides is 1. The Bertz CT molecular complexity index is 458. The molecule has 0 saturated carbocycles. The van der Waals surface area contributed by atoms with Crippen LogP contribution in [0, 0.1) is 6.92 Å². The van der Waals surface area contributed by atoms with E-state index in [4.69, 9.17) is 0 Å². The van der Waals surface area contributed by atoms with Crippen molar-refractivity contribution in [3.05, 3.63) is 29.3 Å². The summed E-state index contributed by atoms with van der Waals surface area (Å²) in [7, 11) is 3.04. The zero-order valence-electron chi connectivity index (χ0n) is 11.0. The largest absolute Gasteiger partial charge is 0.465 e. The van der Waals surface area contributed by atoms with Crippen molar-refractivity contribution in [3.63, 3.8) is 0 Å². The maximum absolute atomic E-state index is 11.8. The molecule has 18 heavy (non-hydrogen) atoms. The van der Waals surface area contributed by atoms with E-state index in [1.165, 1.54) is 7.11 Å². The molecule has 0 aliphatic heterocycles. The number of hydrogen-bond acceptors (Lipinski definition) is 4. The van der Waals surface area contributed by atoms with Crippen molar-refractivity contribution in [2.75, 3.05) is 19.5 Å². The highest BCUT2D eigenvalue weighted by atomic mass is 16.5. The van der Waals surface area contributed by atoms with Crippen molar-refractivity contribution < 1.29 is 14.3 Å². The van der Waals surface area contributed by atoms with Gasteiger partial charge in [-0.25, -0.2) is 4.79 Å². The Morgan fingerprint density at radius 3 is 2.56 bits per heavy atom. The van der Waals surface area contributed by atoms with Gasteiger partial charge in [0, 0.05) is 5.69 Å². The van der Waals surface area contributed by atoms with Crippen molar-refractivity contribution in [1.82, 2.24) is 5.32 Å². The quantitative estimate of drug-likeness (QED) is 0.791. The predicted molar refractivity (Wildman–Crippen MR) is 69.7 cm³/mol. The first-order valence-electron chi connectivity index (χ1n) is 5.67. The van der Waals surface area contributed by atoms with Gasteiger partial charge in [0.05, 0.1) is 18.7 Å². The van der Waals surface area contributed by atoms with Crippen molar-refractivity contribution in [2.45, 2.75) is 19.9 Å². The van der Waals surface area contributed by atoms with Gasteiger partial charge in [0.25, 0.3) is 0 Å².